The first-order valence-electron chi connectivity index (χ1n) is 11.1. The summed E-state index contributed by atoms with van der Waals surface area (Å²) in [6, 6.07) is 7.03. The van der Waals surface area contributed by atoms with Gasteiger partial charge in [0.1, 0.15) is 5.69 Å². The topological polar surface area (TPSA) is 82.3 Å². The van der Waals surface area contributed by atoms with Gasteiger partial charge in [0.05, 0.1) is 24.8 Å². The lowest BCUT2D eigenvalue weighted by molar-refractivity contribution is -0.0434. The van der Waals surface area contributed by atoms with Crippen LogP contribution in [0.15, 0.2) is 22.6 Å². The lowest BCUT2D eigenvalue weighted by atomic mass is 9.83. The lowest BCUT2D eigenvalue weighted by Gasteiger charge is -2.23. The van der Waals surface area contributed by atoms with Crippen LogP contribution in [0.5, 0.6) is 0 Å². The molecular weight excluding hydrogens is 424 g/mol. The van der Waals surface area contributed by atoms with E-state index in [4.69, 9.17) is 18.9 Å². The first-order valence-corrected chi connectivity index (χ1v) is 11.1. The molecule has 1 aliphatic heterocycles. The zero-order valence-corrected chi connectivity index (χ0v) is 20.4. The Bertz CT molecular complexity index is 1120. The molecule has 1 aliphatic carbocycles. The van der Waals surface area contributed by atoms with Crippen LogP contribution in [0.4, 0.5) is 6.01 Å². The van der Waals surface area contributed by atoms with Gasteiger partial charge in [-0.25, -0.2) is 4.98 Å². The SMILES string of the molecule is Cc1cc(-c2nnc(NCC3OC[C@H](C)O3)o2)nc2c(C(C)(C)C)cc(C3CC3)cc12.S. The maximum absolute atomic E-state index is 5.85. The van der Waals surface area contributed by atoms with Crippen LogP contribution in [0.25, 0.3) is 22.5 Å². The zero-order chi connectivity index (χ0) is 21.8. The molecule has 2 aliphatic rings. The fraction of sp³-hybridized carbons (Fsp3) is 0.542. The van der Waals surface area contributed by atoms with Crippen molar-refractivity contribution in [2.24, 2.45) is 0 Å². The Hall–Kier alpha value is -2.16. The third-order valence-corrected chi connectivity index (χ3v) is 5.96. The number of pyridine rings is 1. The van der Waals surface area contributed by atoms with Crippen molar-refractivity contribution in [1.29, 1.82) is 0 Å². The molecule has 32 heavy (non-hydrogen) atoms. The lowest BCUT2D eigenvalue weighted by Crippen LogP contribution is -2.21. The van der Waals surface area contributed by atoms with Crippen molar-refractivity contribution in [3.8, 4) is 11.6 Å². The molecule has 0 bridgehead atoms. The van der Waals surface area contributed by atoms with Crippen molar-refractivity contribution in [3.63, 3.8) is 0 Å². The number of aryl methyl sites for hydroxylation is 1. The van der Waals surface area contributed by atoms with Gasteiger partial charge < -0.3 is 19.2 Å². The summed E-state index contributed by atoms with van der Waals surface area (Å²) in [5.41, 5.74) is 5.56. The normalized spacial score (nSPS) is 21.0. The van der Waals surface area contributed by atoms with Crippen molar-refractivity contribution in [1.82, 2.24) is 15.2 Å². The van der Waals surface area contributed by atoms with Gasteiger partial charge in [-0.2, -0.15) is 13.5 Å². The highest BCUT2D eigenvalue weighted by Gasteiger charge is 2.28. The molecule has 2 fully saturated rings. The van der Waals surface area contributed by atoms with E-state index in [0.717, 1.165) is 5.52 Å². The number of rotatable bonds is 5. The molecule has 0 amide bonds. The summed E-state index contributed by atoms with van der Waals surface area (Å²) in [7, 11) is 0. The molecule has 1 saturated heterocycles. The van der Waals surface area contributed by atoms with Gasteiger partial charge >= 0.3 is 6.01 Å². The van der Waals surface area contributed by atoms with Crippen LogP contribution in [0.3, 0.4) is 0 Å². The molecule has 3 heterocycles. The Morgan fingerprint density at radius 3 is 2.56 bits per heavy atom. The van der Waals surface area contributed by atoms with Gasteiger partial charge in [-0.1, -0.05) is 31.9 Å². The maximum atomic E-state index is 5.85. The summed E-state index contributed by atoms with van der Waals surface area (Å²) >= 11 is 0. The Labute approximate surface area is 195 Å². The molecule has 1 N–H and O–H groups in total. The van der Waals surface area contributed by atoms with E-state index < -0.39 is 0 Å². The highest BCUT2D eigenvalue weighted by atomic mass is 32.1. The van der Waals surface area contributed by atoms with E-state index in [1.165, 1.54) is 34.9 Å². The molecule has 2 atom stereocenters. The predicted octanol–water partition coefficient (Wildman–Crippen LogP) is 5.05. The van der Waals surface area contributed by atoms with Gasteiger partial charge in [0.2, 0.25) is 0 Å². The standard InChI is InChI=1S/C24H30N4O3.H2S/c1-13-8-19(22-27-28-23(31-22)25-11-20-29-12-14(2)30-20)26-21-17(13)9-16(15-6-7-15)10-18(21)24(3,4)5;/h8-10,14-15,20H,6-7,11-12H2,1-5H3,(H,25,28);1H2/t14-,20?;/m0./s1. The number of nitrogens with one attached hydrogen (secondary N) is 1. The fourth-order valence-electron chi connectivity index (χ4n) is 4.10. The molecule has 1 unspecified atom stereocenters. The molecule has 7 nitrogen and oxygen atoms in total. The summed E-state index contributed by atoms with van der Waals surface area (Å²) in [6.07, 6.45) is 2.37. The summed E-state index contributed by atoms with van der Waals surface area (Å²) in [5.74, 6) is 1.10. The summed E-state index contributed by atoms with van der Waals surface area (Å²) in [6.45, 7) is 11.9. The third kappa shape index (κ3) is 4.63. The minimum absolute atomic E-state index is 0. The number of aromatic nitrogens is 3. The monoisotopic (exact) mass is 456 g/mol. The second-order valence-electron chi connectivity index (χ2n) is 9.82. The minimum atomic E-state index is -0.304. The van der Waals surface area contributed by atoms with E-state index in [2.05, 4.69) is 55.3 Å². The third-order valence-electron chi connectivity index (χ3n) is 5.96. The smallest absolute Gasteiger partial charge is 0.315 e. The van der Waals surface area contributed by atoms with E-state index in [-0.39, 0.29) is 31.3 Å². The molecule has 172 valence electrons. The Balaban J connectivity index is 0.00000245. The van der Waals surface area contributed by atoms with Crippen LogP contribution < -0.4 is 5.32 Å². The summed E-state index contributed by atoms with van der Waals surface area (Å²) in [4.78, 5) is 4.98. The molecular formula is C24H32N4O3S. The number of benzene rings is 1. The predicted molar refractivity (Wildman–Crippen MR) is 130 cm³/mol. The van der Waals surface area contributed by atoms with Crippen molar-refractivity contribution >= 4 is 30.4 Å². The molecule has 5 rings (SSSR count). The molecule has 1 saturated carbocycles. The highest BCUT2D eigenvalue weighted by molar-refractivity contribution is 7.59. The number of hydrogen-bond acceptors (Lipinski definition) is 7. The second-order valence-corrected chi connectivity index (χ2v) is 9.82. The van der Waals surface area contributed by atoms with E-state index in [1.807, 2.05) is 13.0 Å². The van der Waals surface area contributed by atoms with Crippen LogP contribution in [0.2, 0.25) is 0 Å². The zero-order valence-electron chi connectivity index (χ0n) is 19.4. The average Bonchev–Trinajstić information content (AvgIpc) is 3.31. The van der Waals surface area contributed by atoms with E-state index >= 15 is 0 Å². The van der Waals surface area contributed by atoms with Crippen molar-refractivity contribution in [2.45, 2.75) is 71.2 Å². The van der Waals surface area contributed by atoms with Crippen molar-refractivity contribution < 1.29 is 13.9 Å². The van der Waals surface area contributed by atoms with Gasteiger partial charge in [0.25, 0.3) is 5.89 Å². The van der Waals surface area contributed by atoms with Crippen LogP contribution in [0.1, 0.15) is 63.1 Å². The highest BCUT2D eigenvalue weighted by Crippen LogP contribution is 2.44. The van der Waals surface area contributed by atoms with Gasteiger partial charge in [-0.05, 0) is 66.8 Å². The fourth-order valence-corrected chi connectivity index (χ4v) is 4.10. The first-order chi connectivity index (χ1) is 14.8. The quantitative estimate of drug-likeness (QED) is 0.575. The maximum Gasteiger partial charge on any atom is 0.315 e. The molecule has 1 aromatic carbocycles. The minimum Gasteiger partial charge on any atom is -0.402 e. The van der Waals surface area contributed by atoms with Crippen LogP contribution >= 0.6 is 13.5 Å². The van der Waals surface area contributed by atoms with Gasteiger partial charge in [0, 0.05) is 5.39 Å². The molecule has 0 radical (unpaired) electrons. The number of anilines is 1. The van der Waals surface area contributed by atoms with Crippen molar-refractivity contribution in [3.05, 3.63) is 34.9 Å². The van der Waals surface area contributed by atoms with Crippen LogP contribution in [0, 0.1) is 6.92 Å². The van der Waals surface area contributed by atoms with Gasteiger partial charge in [-0.3, -0.25) is 0 Å². The molecule has 0 spiro atoms. The molecule has 2 aromatic heterocycles. The van der Waals surface area contributed by atoms with Gasteiger partial charge in [0.15, 0.2) is 6.29 Å². The number of hydrogen-bond donors (Lipinski definition) is 1. The summed E-state index contributed by atoms with van der Waals surface area (Å²) in [5, 5.41) is 12.6. The second kappa shape index (κ2) is 8.65. The number of ether oxygens (including phenoxy) is 2. The van der Waals surface area contributed by atoms with Crippen LogP contribution in [-0.2, 0) is 14.9 Å². The van der Waals surface area contributed by atoms with Crippen molar-refractivity contribution in [2.75, 3.05) is 18.5 Å². The average molecular weight is 457 g/mol. The molecule has 3 aromatic rings. The number of nitrogens with zero attached hydrogens (tertiary/aromatic N) is 3. The van der Waals surface area contributed by atoms with E-state index in [9.17, 15) is 0 Å². The van der Waals surface area contributed by atoms with E-state index in [0.29, 0.717) is 36.7 Å². The Morgan fingerprint density at radius 2 is 1.91 bits per heavy atom. The summed E-state index contributed by atoms with van der Waals surface area (Å²) < 4.78 is 17.0. The van der Waals surface area contributed by atoms with Crippen LogP contribution in [-0.4, -0.2) is 40.7 Å². The Kier molecular flexibility index (Phi) is 6.22. The largest absolute Gasteiger partial charge is 0.402 e. The molecule has 8 heteroatoms. The first kappa shape index (κ1) is 23.0. The Morgan fingerprint density at radius 1 is 1.12 bits per heavy atom. The van der Waals surface area contributed by atoms with E-state index in [1.54, 1.807) is 0 Å². The van der Waals surface area contributed by atoms with Gasteiger partial charge in [-0.15, -0.1) is 5.10 Å². The number of fused-ring (bicyclic) bond motifs is 1.